The number of hydrogen-bond donors (Lipinski definition) is 2. The summed E-state index contributed by atoms with van der Waals surface area (Å²) in [5, 5.41) is 9.68. The Labute approximate surface area is 103 Å². The van der Waals surface area contributed by atoms with Crippen LogP contribution in [0.5, 0.6) is 5.75 Å². The Morgan fingerprint density at radius 2 is 2.19 bits per heavy atom. The molecule has 3 N–H and O–H groups in total. The summed E-state index contributed by atoms with van der Waals surface area (Å²) in [6, 6.07) is 1.80. The maximum atomic E-state index is 14.0. The van der Waals surface area contributed by atoms with Crippen molar-refractivity contribution in [1.29, 1.82) is 0 Å². The molecule has 0 bridgehead atoms. The second-order valence-corrected chi connectivity index (χ2v) is 5.35. The summed E-state index contributed by atoms with van der Waals surface area (Å²) in [6.45, 7) is 2.28. The minimum absolute atomic E-state index is 0.257. The van der Waals surface area contributed by atoms with Gasteiger partial charge in [0.25, 0.3) is 0 Å². The van der Waals surface area contributed by atoms with Gasteiger partial charge in [-0.25, -0.2) is 4.39 Å². The lowest BCUT2D eigenvalue weighted by Crippen LogP contribution is -2.42. The Kier molecular flexibility index (Phi) is 2.97. The molecule has 2 nitrogen and oxygen atoms in total. The lowest BCUT2D eigenvalue weighted by atomic mass is 9.64. The third kappa shape index (κ3) is 1.55. The van der Waals surface area contributed by atoms with Crippen LogP contribution in [0.1, 0.15) is 30.4 Å². The van der Waals surface area contributed by atoms with E-state index in [0.717, 1.165) is 24.8 Å². The highest BCUT2D eigenvalue weighted by atomic mass is 79.9. The second kappa shape index (κ2) is 4.00. The van der Waals surface area contributed by atoms with Crippen LogP contribution in [0.25, 0.3) is 0 Å². The number of aromatic hydroxyl groups is 1. The third-order valence-corrected chi connectivity index (χ3v) is 4.63. The van der Waals surface area contributed by atoms with Gasteiger partial charge >= 0.3 is 0 Å². The number of halogens is 2. The first-order chi connectivity index (χ1) is 7.52. The summed E-state index contributed by atoms with van der Waals surface area (Å²) in [4.78, 5) is 0. The van der Waals surface area contributed by atoms with Crippen molar-refractivity contribution < 1.29 is 9.50 Å². The number of nitrogens with two attached hydrogens (primary N) is 1. The summed E-state index contributed by atoms with van der Waals surface area (Å²) in [5.41, 5.74) is 6.90. The van der Waals surface area contributed by atoms with Crippen LogP contribution in [0, 0.1) is 12.7 Å². The van der Waals surface area contributed by atoms with Crippen LogP contribution < -0.4 is 5.73 Å². The predicted molar refractivity (Wildman–Crippen MR) is 65.1 cm³/mol. The SMILES string of the molecule is Cc1cc(C2(CN)CCC2)c(F)c(O)c1Br. The average Bonchev–Trinajstić information content (AvgIpc) is 2.21. The molecule has 0 amide bonds. The van der Waals surface area contributed by atoms with E-state index in [1.807, 2.05) is 6.92 Å². The lowest BCUT2D eigenvalue weighted by Gasteiger charge is -2.42. The molecule has 1 saturated carbocycles. The molecule has 1 aromatic rings. The Morgan fingerprint density at radius 1 is 1.56 bits per heavy atom. The lowest BCUT2D eigenvalue weighted by molar-refractivity contribution is 0.242. The molecule has 1 aliphatic rings. The van der Waals surface area contributed by atoms with Crippen LogP contribution in [0.4, 0.5) is 4.39 Å². The number of rotatable bonds is 2. The zero-order valence-corrected chi connectivity index (χ0v) is 10.8. The van der Waals surface area contributed by atoms with Gasteiger partial charge < -0.3 is 10.8 Å². The topological polar surface area (TPSA) is 46.2 Å². The molecule has 0 atom stereocenters. The van der Waals surface area contributed by atoms with Crippen LogP contribution in [-0.2, 0) is 5.41 Å². The fraction of sp³-hybridized carbons (Fsp3) is 0.500. The minimum Gasteiger partial charge on any atom is -0.504 e. The number of hydrogen-bond acceptors (Lipinski definition) is 2. The molecule has 0 radical (unpaired) electrons. The van der Waals surface area contributed by atoms with E-state index in [1.165, 1.54) is 0 Å². The first kappa shape index (κ1) is 11.9. The molecule has 0 aromatic heterocycles. The van der Waals surface area contributed by atoms with Crippen molar-refractivity contribution in [2.45, 2.75) is 31.6 Å². The van der Waals surface area contributed by atoms with Gasteiger partial charge in [-0.2, -0.15) is 0 Å². The Morgan fingerprint density at radius 3 is 2.62 bits per heavy atom. The van der Waals surface area contributed by atoms with Gasteiger partial charge in [0.05, 0.1) is 4.47 Å². The highest BCUT2D eigenvalue weighted by Crippen LogP contribution is 2.47. The summed E-state index contributed by atoms with van der Waals surface area (Å²) < 4.78 is 14.4. The first-order valence-electron chi connectivity index (χ1n) is 5.40. The fourth-order valence-electron chi connectivity index (χ4n) is 2.33. The van der Waals surface area contributed by atoms with Crippen molar-refractivity contribution in [3.63, 3.8) is 0 Å². The zero-order chi connectivity index (χ0) is 11.9. The number of phenolic OH excluding ortho intramolecular Hbond substituents is 1. The molecule has 4 heteroatoms. The molecule has 1 aromatic carbocycles. The molecule has 88 valence electrons. The Bertz CT molecular complexity index is 424. The molecular weight excluding hydrogens is 273 g/mol. The summed E-state index contributed by atoms with van der Waals surface area (Å²) in [6.07, 6.45) is 2.88. The highest BCUT2D eigenvalue weighted by molar-refractivity contribution is 9.10. The normalized spacial score (nSPS) is 18.2. The third-order valence-electron chi connectivity index (χ3n) is 3.63. The van der Waals surface area contributed by atoms with Gasteiger partial charge in [-0.1, -0.05) is 12.5 Å². The van der Waals surface area contributed by atoms with E-state index in [1.54, 1.807) is 6.07 Å². The number of aryl methyl sites for hydroxylation is 1. The molecule has 0 aliphatic heterocycles. The predicted octanol–water partition coefficient (Wildman–Crippen LogP) is 2.98. The minimum atomic E-state index is -0.525. The number of benzene rings is 1. The molecule has 0 spiro atoms. The quantitative estimate of drug-likeness (QED) is 0.878. The van der Waals surface area contributed by atoms with E-state index in [-0.39, 0.29) is 11.2 Å². The maximum Gasteiger partial charge on any atom is 0.169 e. The van der Waals surface area contributed by atoms with Crippen LogP contribution in [0.3, 0.4) is 0 Å². The summed E-state index contributed by atoms with van der Waals surface area (Å²) >= 11 is 3.17. The van der Waals surface area contributed by atoms with Crippen molar-refractivity contribution >= 4 is 15.9 Å². The van der Waals surface area contributed by atoms with Gasteiger partial charge in [-0.05, 0) is 46.8 Å². The molecular formula is C12H15BrFNO. The maximum absolute atomic E-state index is 14.0. The highest BCUT2D eigenvalue weighted by Gasteiger charge is 2.40. The zero-order valence-electron chi connectivity index (χ0n) is 9.19. The van der Waals surface area contributed by atoms with Crippen molar-refractivity contribution in [1.82, 2.24) is 0 Å². The van der Waals surface area contributed by atoms with E-state index >= 15 is 0 Å². The van der Waals surface area contributed by atoms with E-state index in [4.69, 9.17) is 5.73 Å². The van der Waals surface area contributed by atoms with E-state index in [9.17, 15) is 9.50 Å². The van der Waals surface area contributed by atoms with Crippen LogP contribution in [0.15, 0.2) is 10.5 Å². The standard InChI is InChI=1S/C12H15BrFNO/c1-7-5-8(10(14)11(16)9(7)13)12(6-15)3-2-4-12/h5,16H,2-4,6,15H2,1H3. The average molecular weight is 288 g/mol. The van der Waals surface area contributed by atoms with Crippen molar-refractivity contribution in [2.75, 3.05) is 6.54 Å². The van der Waals surface area contributed by atoms with E-state index in [2.05, 4.69) is 15.9 Å². The van der Waals surface area contributed by atoms with E-state index < -0.39 is 5.82 Å². The first-order valence-corrected chi connectivity index (χ1v) is 6.19. The smallest absolute Gasteiger partial charge is 0.169 e. The number of phenols is 1. The fourth-order valence-corrected chi connectivity index (χ4v) is 2.62. The van der Waals surface area contributed by atoms with Gasteiger partial charge in [0.15, 0.2) is 11.6 Å². The van der Waals surface area contributed by atoms with Crippen molar-refractivity contribution in [3.05, 3.63) is 27.5 Å². The van der Waals surface area contributed by atoms with Crippen LogP contribution in [-0.4, -0.2) is 11.7 Å². The second-order valence-electron chi connectivity index (χ2n) is 4.56. The molecule has 16 heavy (non-hydrogen) atoms. The molecule has 0 saturated heterocycles. The Balaban J connectivity index is 2.57. The van der Waals surface area contributed by atoms with Crippen LogP contribution >= 0.6 is 15.9 Å². The summed E-state index contributed by atoms with van der Waals surface area (Å²) in [7, 11) is 0. The van der Waals surface area contributed by atoms with Gasteiger partial charge in [0.2, 0.25) is 0 Å². The van der Waals surface area contributed by atoms with Crippen molar-refractivity contribution in [3.8, 4) is 5.75 Å². The van der Waals surface area contributed by atoms with Gasteiger partial charge in [0.1, 0.15) is 0 Å². The molecule has 1 aliphatic carbocycles. The molecule has 1 fully saturated rings. The van der Waals surface area contributed by atoms with E-state index in [0.29, 0.717) is 16.6 Å². The van der Waals surface area contributed by atoms with Crippen molar-refractivity contribution in [2.24, 2.45) is 5.73 Å². The molecule has 2 rings (SSSR count). The van der Waals surface area contributed by atoms with Gasteiger partial charge in [0, 0.05) is 12.0 Å². The largest absolute Gasteiger partial charge is 0.504 e. The van der Waals surface area contributed by atoms with Gasteiger partial charge in [-0.15, -0.1) is 0 Å². The summed E-state index contributed by atoms with van der Waals surface area (Å²) in [5.74, 6) is -0.822. The van der Waals surface area contributed by atoms with Crippen LogP contribution in [0.2, 0.25) is 0 Å². The molecule has 0 unspecified atom stereocenters. The molecule has 0 heterocycles. The monoisotopic (exact) mass is 287 g/mol. The van der Waals surface area contributed by atoms with Gasteiger partial charge in [-0.3, -0.25) is 0 Å². The Hall–Kier alpha value is -0.610.